The van der Waals surface area contributed by atoms with E-state index in [4.69, 9.17) is 10.1 Å². The van der Waals surface area contributed by atoms with E-state index >= 15 is 0 Å². The molecule has 0 aromatic carbocycles. The molecule has 0 spiro atoms. The Morgan fingerprint density at radius 2 is 2.00 bits per heavy atom. The van der Waals surface area contributed by atoms with Gasteiger partial charge < -0.3 is 10.2 Å². The Morgan fingerprint density at radius 3 is 2.62 bits per heavy atom. The molecule has 1 aliphatic heterocycles. The number of nitrogens with zero attached hydrogens (tertiary/aromatic N) is 5. The number of hydroxylamine groups is 1. The Morgan fingerprint density at radius 1 is 1.32 bits per heavy atom. The number of anilines is 2. The molecule has 2 aromatic heterocycles. The normalized spacial score (nSPS) is 15.4. The van der Waals surface area contributed by atoms with E-state index in [2.05, 4.69) is 25.9 Å². The first-order chi connectivity index (χ1) is 16.2. The van der Waals surface area contributed by atoms with Gasteiger partial charge in [0.25, 0.3) is 5.56 Å². The summed E-state index contributed by atoms with van der Waals surface area (Å²) in [4.78, 5) is 39.1. The van der Waals surface area contributed by atoms with Crippen molar-refractivity contribution in [3.05, 3.63) is 40.1 Å². The summed E-state index contributed by atoms with van der Waals surface area (Å²) in [5.41, 5.74) is -0.516. The van der Waals surface area contributed by atoms with Crippen LogP contribution in [0.2, 0.25) is 0 Å². The smallest absolute Gasteiger partial charge is 0.378 e. The molecule has 1 atom stereocenters. The van der Waals surface area contributed by atoms with Crippen LogP contribution in [-0.2, 0) is 15.8 Å². The number of aromatic amines is 1. The second-order valence-electron chi connectivity index (χ2n) is 7.89. The highest BCUT2D eigenvalue weighted by Crippen LogP contribution is 2.31. The topological polar surface area (TPSA) is 149 Å². The van der Waals surface area contributed by atoms with Crippen LogP contribution in [0.4, 0.5) is 24.8 Å². The number of halogens is 3. The number of carbonyl (C=O) groups is 1. The molecule has 2 aromatic rings. The fourth-order valence-corrected chi connectivity index (χ4v) is 3.53. The van der Waals surface area contributed by atoms with Gasteiger partial charge in [-0.1, -0.05) is 0 Å². The summed E-state index contributed by atoms with van der Waals surface area (Å²) in [5.74, 6) is 0.329. The maximum absolute atomic E-state index is 13.1. The quantitative estimate of drug-likeness (QED) is 0.479. The minimum absolute atomic E-state index is 0.130. The molecule has 3 rings (SSSR count). The van der Waals surface area contributed by atoms with Gasteiger partial charge in [0, 0.05) is 25.6 Å². The minimum atomic E-state index is -4.85. The van der Waals surface area contributed by atoms with E-state index in [0.717, 1.165) is 19.0 Å². The van der Waals surface area contributed by atoms with Crippen LogP contribution >= 0.6 is 0 Å². The first-order valence-electron chi connectivity index (χ1n) is 10.5. The van der Waals surface area contributed by atoms with Crippen LogP contribution in [0.25, 0.3) is 0 Å². The van der Waals surface area contributed by atoms with Gasteiger partial charge in [0.2, 0.25) is 11.9 Å². The molecular weight excluding hydrogens is 457 g/mol. The van der Waals surface area contributed by atoms with Gasteiger partial charge in [-0.2, -0.15) is 23.5 Å². The van der Waals surface area contributed by atoms with E-state index in [0.29, 0.717) is 24.6 Å². The molecule has 0 saturated carbocycles. The van der Waals surface area contributed by atoms with Crippen LogP contribution in [-0.4, -0.2) is 51.8 Å². The van der Waals surface area contributed by atoms with Gasteiger partial charge in [0.1, 0.15) is 11.6 Å². The monoisotopic (exact) mass is 480 g/mol. The molecule has 1 unspecified atom stereocenters. The number of amides is 1. The number of hydrogen-bond acceptors (Lipinski definition) is 9. The summed E-state index contributed by atoms with van der Waals surface area (Å²) in [6.07, 6.45) is 0.663. The van der Waals surface area contributed by atoms with Gasteiger partial charge >= 0.3 is 6.18 Å². The van der Waals surface area contributed by atoms with Crippen LogP contribution in [0.3, 0.4) is 0 Å². The summed E-state index contributed by atoms with van der Waals surface area (Å²) < 4.78 is 39.3. The Kier molecular flexibility index (Phi) is 8.00. The van der Waals surface area contributed by atoms with Crippen molar-refractivity contribution in [2.75, 3.05) is 29.9 Å². The molecule has 0 bridgehead atoms. The summed E-state index contributed by atoms with van der Waals surface area (Å²) in [7, 11) is 0. The molecule has 3 heterocycles. The lowest BCUT2D eigenvalue weighted by atomic mass is 9.93. The number of piperidine rings is 1. The Labute approximate surface area is 192 Å². The minimum Gasteiger partial charge on any atom is -0.378 e. The second kappa shape index (κ2) is 10.9. The van der Waals surface area contributed by atoms with Crippen molar-refractivity contribution in [3.63, 3.8) is 0 Å². The zero-order valence-corrected chi connectivity index (χ0v) is 18.2. The molecule has 0 radical (unpaired) electrons. The maximum Gasteiger partial charge on any atom is 0.423 e. The second-order valence-corrected chi connectivity index (χ2v) is 7.89. The summed E-state index contributed by atoms with van der Waals surface area (Å²) in [6, 6.07) is 1.31. The van der Waals surface area contributed by atoms with Crippen molar-refractivity contribution < 1.29 is 22.8 Å². The van der Waals surface area contributed by atoms with Crippen molar-refractivity contribution >= 4 is 17.5 Å². The molecule has 34 heavy (non-hydrogen) atoms. The van der Waals surface area contributed by atoms with Gasteiger partial charge in [0.15, 0.2) is 0 Å². The van der Waals surface area contributed by atoms with Crippen molar-refractivity contribution in [1.29, 1.82) is 5.26 Å². The average Bonchev–Trinajstić information content (AvgIpc) is 2.79. The molecular formula is C20H23F3N8O3. The number of aromatic nitrogens is 4. The fourth-order valence-electron chi connectivity index (χ4n) is 3.53. The highest BCUT2D eigenvalue weighted by Gasteiger charge is 2.37. The Bertz CT molecular complexity index is 1080. The average molecular weight is 480 g/mol. The summed E-state index contributed by atoms with van der Waals surface area (Å²) in [5, 5.41) is 16.5. The number of alkyl halides is 3. The van der Waals surface area contributed by atoms with Crippen molar-refractivity contribution in [3.8, 4) is 6.07 Å². The highest BCUT2D eigenvalue weighted by atomic mass is 19.4. The SMILES string of the molecule is CC(CONC(=O)CC1CCN(c2ncc(C#N)cn2)CC1)Nc1cn[nH]c(=O)c1C(F)(F)F. The number of nitrogens with one attached hydrogen (secondary N) is 3. The highest BCUT2D eigenvalue weighted by molar-refractivity contribution is 5.75. The van der Waals surface area contributed by atoms with E-state index in [-0.39, 0.29) is 24.9 Å². The molecule has 14 heteroatoms. The number of rotatable bonds is 8. The molecule has 0 aliphatic carbocycles. The zero-order chi connectivity index (χ0) is 24.7. The zero-order valence-electron chi connectivity index (χ0n) is 18.2. The number of H-pyrrole nitrogens is 1. The fraction of sp³-hybridized carbons (Fsp3) is 0.500. The van der Waals surface area contributed by atoms with Crippen LogP contribution in [0, 0.1) is 17.2 Å². The number of hydrogen-bond donors (Lipinski definition) is 3. The lowest BCUT2D eigenvalue weighted by Gasteiger charge is -2.31. The van der Waals surface area contributed by atoms with Gasteiger partial charge in [-0.15, -0.1) is 0 Å². The Hall–Kier alpha value is -3.73. The van der Waals surface area contributed by atoms with Crippen molar-refractivity contribution in [2.24, 2.45) is 5.92 Å². The molecule has 1 amide bonds. The summed E-state index contributed by atoms with van der Waals surface area (Å²) >= 11 is 0. The molecule has 11 nitrogen and oxygen atoms in total. The van der Waals surface area contributed by atoms with Crippen LogP contribution in [0.1, 0.15) is 37.3 Å². The van der Waals surface area contributed by atoms with Crippen molar-refractivity contribution in [2.45, 2.75) is 38.4 Å². The third kappa shape index (κ3) is 6.64. The van der Waals surface area contributed by atoms with E-state index in [1.54, 1.807) is 5.10 Å². The first-order valence-corrected chi connectivity index (χ1v) is 10.5. The van der Waals surface area contributed by atoms with E-state index < -0.39 is 29.0 Å². The molecule has 182 valence electrons. The maximum atomic E-state index is 13.1. The molecule has 3 N–H and O–H groups in total. The van der Waals surface area contributed by atoms with Crippen LogP contribution in [0.5, 0.6) is 0 Å². The lowest BCUT2D eigenvalue weighted by molar-refractivity contribution is -0.138. The molecule has 1 aliphatic rings. The molecule has 1 fully saturated rings. The third-order valence-corrected chi connectivity index (χ3v) is 5.20. The van der Waals surface area contributed by atoms with E-state index in [1.165, 1.54) is 19.3 Å². The number of carbonyl (C=O) groups excluding carboxylic acids is 1. The van der Waals surface area contributed by atoms with Gasteiger partial charge in [-0.05, 0) is 25.7 Å². The standard InChI is InChI=1S/C20H23F3N8O3/c1-12(28-15-10-27-29-18(33)17(15)20(21,22)23)11-34-30-16(32)6-13-2-4-31(5-3-13)19-25-8-14(7-24)9-26-19/h8-10,12-13H,2-6,11H2,1H3,(H,30,32)(H2,28,29,33). The predicted molar refractivity (Wildman–Crippen MR) is 113 cm³/mol. The first kappa shape index (κ1) is 24.9. The number of nitriles is 1. The Balaban J connectivity index is 1.39. The van der Waals surface area contributed by atoms with Crippen LogP contribution in [0.15, 0.2) is 23.4 Å². The van der Waals surface area contributed by atoms with Gasteiger partial charge in [-0.25, -0.2) is 20.5 Å². The van der Waals surface area contributed by atoms with E-state index in [9.17, 15) is 22.8 Å². The van der Waals surface area contributed by atoms with Gasteiger partial charge in [0.05, 0.1) is 36.4 Å². The molecule has 1 saturated heterocycles. The van der Waals surface area contributed by atoms with Crippen LogP contribution < -0.4 is 21.3 Å². The predicted octanol–water partition coefficient (Wildman–Crippen LogP) is 1.61. The summed E-state index contributed by atoms with van der Waals surface area (Å²) in [6.45, 7) is 2.73. The largest absolute Gasteiger partial charge is 0.423 e. The van der Waals surface area contributed by atoms with Gasteiger partial charge in [-0.3, -0.25) is 14.4 Å². The lowest BCUT2D eigenvalue weighted by Crippen LogP contribution is -2.37. The van der Waals surface area contributed by atoms with Crippen molar-refractivity contribution in [1.82, 2.24) is 25.6 Å². The van der Waals surface area contributed by atoms with E-state index in [1.807, 2.05) is 11.0 Å². The third-order valence-electron chi connectivity index (χ3n) is 5.20.